The molecule has 2 aliphatic rings. The number of imide groups is 2. The highest BCUT2D eigenvalue weighted by Crippen LogP contribution is 2.33. The van der Waals surface area contributed by atoms with Gasteiger partial charge in [-0.1, -0.05) is 96.0 Å². The van der Waals surface area contributed by atoms with Crippen LogP contribution in [0.1, 0.15) is 84.4 Å². The van der Waals surface area contributed by atoms with Crippen molar-refractivity contribution in [2.45, 2.75) is 38.8 Å². The molecule has 0 radical (unpaired) electrons. The summed E-state index contributed by atoms with van der Waals surface area (Å²) >= 11 is 12.3. The fourth-order valence-electron chi connectivity index (χ4n) is 7.93. The van der Waals surface area contributed by atoms with E-state index < -0.39 is 59.5 Å². The van der Waals surface area contributed by atoms with Crippen molar-refractivity contribution in [3.8, 4) is 0 Å². The molecule has 16 nitrogen and oxygen atoms in total. The third-order valence-electron chi connectivity index (χ3n) is 11.6. The van der Waals surface area contributed by atoms with E-state index in [1.165, 1.54) is 55.6 Å². The molecule has 0 aromatic heterocycles. The Morgan fingerprint density at radius 2 is 0.958 bits per heavy atom. The van der Waals surface area contributed by atoms with E-state index in [-0.39, 0.29) is 67.6 Å². The van der Waals surface area contributed by atoms with Gasteiger partial charge in [-0.3, -0.25) is 28.8 Å². The van der Waals surface area contributed by atoms with Gasteiger partial charge in [0.1, 0.15) is 12.1 Å². The molecule has 71 heavy (non-hydrogen) atoms. The highest BCUT2D eigenvalue weighted by Gasteiger charge is 2.38. The summed E-state index contributed by atoms with van der Waals surface area (Å²) < 4.78 is 4.86. The lowest BCUT2D eigenvalue weighted by Gasteiger charge is -2.19. The van der Waals surface area contributed by atoms with Crippen molar-refractivity contribution in [3.05, 3.63) is 210 Å². The smallest absolute Gasteiger partial charge is 0.328 e. The second-order valence-electron chi connectivity index (χ2n) is 16.1. The van der Waals surface area contributed by atoms with Gasteiger partial charge in [0.25, 0.3) is 35.4 Å². The first kappa shape index (κ1) is 49.9. The number of nitrogens with zero attached hydrogens (tertiary/aromatic N) is 4. The number of nitrogens with one attached hydrogen (secondary N) is 2. The Balaban J connectivity index is 0.000000209. The molecule has 6 aromatic carbocycles. The molecule has 0 spiro atoms. The maximum atomic E-state index is 12.9. The molecule has 0 saturated carbocycles. The lowest BCUT2D eigenvalue weighted by Crippen LogP contribution is -2.43. The van der Waals surface area contributed by atoms with Gasteiger partial charge >= 0.3 is 11.9 Å². The minimum Gasteiger partial charge on any atom is -0.480 e. The van der Waals surface area contributed by atoms with E-state index in [9.17, 15) is 43.5 Å². The minimum atomic E-state index is -1.23. The number of ether oxygens (including phenoxy) is 1. The summed E-state index contributed by atoms with van der Waals surface area (Å²) in [4.78, 5) is 110. The monoisotopic (exact) mass is 988 g/mol. The summed E-state index contributed by atoms with van der Waals surface area (Å²) in [5.41, 5.74) is 4.99. The molecule has 6 amide bonds. The van der Waals surface area contributed by atoms with Crippen LogP contribution >= 0.6 is 23.2 Å². The number of esters is 1. The normalized spacial score (nSPS) is 13.2. The summed E-state index contributed by atoms with van der Waals surface area (Å²) in [6, 6.07) is 29.2. The van der Waals surface area contributed by atoms with Crippen molar-refractivity contribution >= 4 is 93.3 Å². The number of benzene rings is 6. The topological polar surface area (TPSA) is 205 Å². The number of anilines is 2. The van der Waals surface area contributed by atoms with Crippen molar-refractivity contribution in [1.29, 1.82) is 0 Å². The molecular formula is C53H38Cl2N6O10. The zero-order valence-corrected chi connectivity index (χ0v) is 39.3. The maximum Gasteiger partial charge on any atom is 0.328 e. The van der Waals surface area contributed by atoms with Crippen LogP contribution in [0.4, 0.5) is 22.7 Å². The van der Waals surface area contributed by atoms with Crippen LogP contribution in [-0.4, -0.2) is 71.7 Å². The molecule has 6 aromatic rings. The highest BCUT2D eigenvalue weighted by atomic mass is 35.5. The summed E-state index contributed by atoms with van der Waals surface area (Å²) in [6.45, 7) is 17.7. The number of rotatable bonds is 12. The number of aliphatic carboxylic acids is 1. The van der Waals surface area contributed by atoms with E-state index in [0.29, 0.717) is 33.6 Å². The Labute approximate surface area is 416 Å². The molecule has 18 heteroatoms. The highest BCUT2D eigenvalue weighted by molar-refractivity contribution is 6.36. The van der Waals surface area contributed by atoms with Gasteiger partial charge < -0.3 is 20.5 Å². The van der Waals surface area contributed by atoms with Crippen LogP contribution in [0.2, 0.25) is 10.0 Å². The average molecular weight is 990 g/mol. The number of amides is 6. The third-order valence-corrected chi connectivity index (χ3v) is 12.2. The van der Waals surface area contributed by atoms with Crippen LogP contribution in [0.25, 0.3) is 9.69 Å². The predicted molar refractivity (Wildman–Crippen MR) is 263 cm³/mol. The SMILES string of the molecule is [C-]#[N+]c1ccc2c(c1)C(=O)N(c1ccc(CC(NC(=O)c3c(C)cccc3Cl)C(=O)O)cc1)C2=O.[C-]#[N+]c1ccc2c(c1)C(=O)N(c1ccc(CC(NC(=O)c3c(C)cccc3Cl)C(=O)OC)cc1)C2=O. The fraction of sp³-hybridized carbons (Fsp3) is 0.132. The van der Waals surface area contributed by atoms with E-state index in [0.717, 1.165) is 9.80 Å². The number of hydrogen-bond donors (Lipinski definition) is 3. The molecule has 3 N–H and O–H groups in total. The van der Waals surface area contributed by atoms with Gasteiger partial charge in [0.05, 0.1) is 63.9 Å². The number of aryl methyl sites for hydroxylation is 2. The molecule has 8 rings (SSSR count). The zero-order chi connectivity index (χ0) is 51.3. The molecule has 0 saturated heterocycles. The third kappa shape index (κ3) is 10.4. The van der Waals surface area contributed by atoms with Gasteiger partial charge in [-0.05, 0) is 84.6 Å². The standard InChI is InChI=1S/C27H20ClN3O5.C26H18ClN3O5/c1-15-5-4-6-21(28)23(15)24(32)30-22(27(35)36-3)13-16-7-10-18(11-8-16)31-25(33)19-12-9-17(29-2)14-20(19)26(31)34;1-14-4-3-5-20(27)22(14)23(31)29-21(26(34)35)12-15-6-9-17(10-7-15)30-24(32)18-11-8-16(28-2)13-19(18)25(30)33/h4-12,14,22H,13H2,1,3H3,(H,30,32);3-11,13,21H,12H2,1H3,(H,29,31)(H,34,35). The van der Waals surface area contributed by atoms with E-state index in [4.69, 9.17) is 41.1 Å². The van der Waals surface area contributed by atoms with Gasteiger partial charge in [-0.2, -0.15) is 0 Å². The van der Waals surface area contributed by atoms with Gasteiger partial charge in [0.2, 0.25) is 0 Å². The first-order valence-corrected chi connectivity index (χ1v) is 22.1. The first-order valence-electron chi connectivity index (χ1n) is 21.4. The number of carbonyl (C=O) groups excluding carboxylic acids is 7. The van der Waals surface area contributed by atoms with Crippen LogP contribution < -0.4 is 20.4 Å². The largest absolute Gasteiger partial charge is 0.480 e. The second kappa shape index (κ2) is 21.1. The average Bonchev–Trinajstić information content (AvgIpc) is 3.76. The summed E-state index contributed by atoms with van der Waals surface area (Å²) in [5, 5.41) is 15.3. The van der Waals surface area contributed by atoms with Gasteiger partial charge in [0.15, 0.2) is 11.4 Å². The molecule has 0 bridgehead atoms. The first-order chi connectivity index (χ1) is 33.9. The van der Waals surface area contributed by atoms with Crippen molar-refractivity contribution < 1.29 is 48.2 Å². The molecule has 354 valence electrons. The van der Waals surface area contributed by atoms with Gasteiger partial charge in [-0.25, -0.2) is 29.1 Å². The Bertz CT molecular complexity index is 3270. The Morgan fingerprint density at radius 3 is 1.32 bits per heavy atom. The van der Waals surface area contributed by atoms with Crippen LogP contribution in [0.15, 0.2) is 121 Å². The minimum absolute atomic E-state index is 0.0265. The Kier molecular flexibility index (Phi) is 14.9. The molecular weight excluding hydrogens is 952 g/mol. The van der Waals surface area contributed by atoms with Crippen LogP contribution in [0.5, 0.6) is 0 Å². The molecule has 2 aliphatic heterocycles. The summed E-state index contributed by atoms with van der Waals surface area (Å²) in [6.07, 6.45) is 0.0833. The van der Waals surface area contributed by atoms with Gasteiger partial charge in [0, 0.05) is 24.0 Å². The van der Waals surface area contributed by atoms with Crippen molar-refractivity contribution in [3.63, 3.8) is 0 Å². The zero-order valence-electron chi connectivity index (χ0n) is 37.8. The quantitative estimate of drug-likeness (QED) is 0.0603. The van der Waals surface area contributed by atoms with Crippen molar-refractivity contribution in [2.75, 3.05) is 16.9 Å². The number of carboxylic acid groups (broad SMARTS) is 1. The van der Waals surface area contributed by atoms with E-state index in [2.05, 4.69) is 20.3 Å². The van der Waals surface area contributed by atoms with Crippen molar-refractivity contribution in [1.82, 2.24) is 10.6 Å². The van der Waals surface area contributed by atoms with Crippen molar-refractivity contribution in [2.24, 2.45) is 0 Å². The maximum absolute atomic E-state index is 12.9. The van der Waals surface area contributed by atoms with E-state index in [1.54, 1.807) is 86.6 Å². The molecule has 0 fully saturated rings. The fourth-order valence-corrected chi connectivity index (χ4v) is 8.55. The van der Waals surface area contributed by atoms with Crippen LogP contribution in [0.3, 0.4) is 0 Å². The Hall–Kier alpha value is -8.96. The lowest BCUT2D eigenvalue weighted by atomic mass is 10.0. The number of carboxylic acids is 1. The summed E-state index contributed by atoms with van der Waals surface area (Å²) in [5.74, 6) is -4.97. The van der Waals surface area contributed by atoms with Crippen LogP contribution in [0, 0.1) is 27.0 Å². The number of methoxy groups -OCH3 is 1. The van der Waals surface area contributed by atoms with Gasteiger partial charge in [-0.15, -0.1) is 0 Å². The number of halogens is 2. The Morgan fingerprint density at radius 1 is 0.577 bits per heavy atom. The molecule has 0 aliphatic carbocycles. The molecule has 2 heterocycles. The second-order valence-corrected chi connectivity index (χ2v) is 16.9. The van der Waals surface area contributed by atoms with E-state index in [1.807, 2.05) is 0 Å². The van der Waals surface area contributed by atoms with Crippen LogP contribution in [-0.2, 0) is 27.2 Å². The number of fused-ring (bicyclic) bond motifs is 2. The molecule has 2 unspecified atom stereocenters. The molecule has 2 atom stereocenters. The summed E-state index contributed by atoms with van der Waals surface area (Å²) in [7, 11) is 1.23. The predicted octanol–water partition coefficient (Wildman–Crippen LogP) is 8.94. The van der Waals surface area contributed by atoms with E-state index >= 15 is 0 Å². The number of carbonyl (C=O) groups is 8. The number of hydrogen-bond acceptors (Lipinski definition) is 9. The lowest BCUT2D eigenvalue weighted by molar-refractivity contribution is -0.143.